The Kier molecular flexibility index (Phi) is 5.36. The van der Waals surface area contributed by atoms with E-state index >= 15 is 0 Å². The molecular formula is C16H22N4O4S. The van der Waals surface area contributed by atoms with Gasteiger partial charge in [0.05, 0.1) is 31.0 Å². The molecule has 9 heteroatoms. The summed E-state index contributed by atoms with van der Waals surface area (Å²) in [6, 6.07) is 2.85. The fraction of sp³-hybridized carbons (Fsp3) is 0.500. The summed E-state index contributed by atoms with van der Waals surface area (Å²) in [6.07, 6.45) is 5.77. The summed E-state index contributed by atoms with van der Waals surface area (Å²) in [6.45, 7) is 2.82. The highest BCUT2D eigenvalue weighted by Gasteiger charge is 2.29. The van der Waals surface area contributed by atoms with E-state index in [4.69, 9.17) is 9.47 Å². The van der Waals surface area contributed by atoms with Gasteiger partial charge in [0.2, 0.25) is 15.9 Å². The topological polar surface area (TPSA) is 95.3 Å². The molecule has 8 nitrogen and oxygen atoms in total. The van der Waals surface area contributed by atoms with Crippen LogP contribution in [0.4, 0.5) is 0 Å². The number of sulfonamides is 1. The van der Waals surface area contributed by atoms with E-state index < -0.39 is 10.0 Å². The number of nitrogens with one attached hydrogen (secondary N) is 1. The van der Waals surface area contributed by atoms with Crippen molar-refractivity contribution in [1.29, 1.82) is 0 Å². The van der Waals surface area contributed by atoms with E-state index in [1.54, 1.807) is 18.6 Å². The van der Waals surface area contributed by atoms with Crippen LogP contribution < -0.4 is 9.46 Å². The number of hydrogen-bond donors (Lipinski definition) is 1. The molecule has 1 saturated heterocycles. The second-order valence-corrected chi connectivity index (χ2v) is 7.61. The van der Waals surface area contributed by atoms with E-state index in [0.29, 0.717) is 31.9 Å². The molecule has 0 unspecified atom stereocenters. The lowest BCUT2D eigenvalue weighted by atomic mass is 10.0. The monoisotopic (exact) mass is 366 g/mol. The van der Waals surface area contributed by atoms with Crippen LogP contribution in [0.25, 0.3) is 0 Å². The first-order valence-corrected chi connectivity index (χ1v) is 9.67. The molecule has 1 aliphatic rings. The van der Waals surface area contributed by atoms with Crippen LogP contribution in [-0.4, -0.2) is 42.2 Å². The lowest BCUT2D eigenvalue weighted by Gasteiger charge is -2.30. The predicted octanol–water partition coefficient (Wildman–Crippen LogP) is 1.41. The average Bonchev–Trinajstić information content (AvgIpc) is 3.02. The van der Waals surface area contributed by atoms with Crippen molar-refractivity contribution in [2.45, 2.75) is 36.8 Å². The van der Waals surface area contributed by atoms with Gasteiger partial charge in [-0.15, -0.1) is 0 Å². The van der Waals surface area contributed by atoms with E-state index in [2.05, 4.69) is 14.7 Å². The highest BCUT2D eigenvalue weighted by molar-refractivity contribution is 7.89. The number of nitrogens with zero attached hydrogens (tertiary/aromatic N) is 3. The van der Waals surface area contributed by atoms with Crippen molar-refractivity contribution >= 4 is 10.0 Å². The van der Waals surface area contributed by atoms with Crippen molar-refractivity contribution < 1.29 is 17.9 Å². The van der Waals surface area contributed by atoms with E-state index in [0.717, 1.165) is 5.69 Å². The molecule has 1 aliphatic heterocycles. The number of rotatable bonds is 6. The van der Waals surface area contributed by atoms with Gasteiger partial charge >= 0.3 is 0 Å². The number of pyridine rings is 1. The van der Waals surface area contributed by atoms with Gasteiger partial charge < -0.3 is 14.0 Å². The van der Waals surface area contributed by atoms with E-state index in [9.17, 15) is 8.42 Å². The van der Waals surface area contributed by atoms with E-state index in [-0.39, 0.29) is 17.0 Å². The zero-order chi connectivity index (χ0) is 17.9. The molecule has 2 aromatic heterocycles. The number of hydrogen-bond acceptors (Lipinski definition) is 6. The standard InChI is InChI=1S/C16H22N4O4S/c1-3-23-16-5-4-13(9-18-16)25(21,22)19-12-6-7-24-15(8-12)14-10-17-11-20(14)2/h4-5,9-12,15,19H,3,6-8H2,1-2H3/t12-,15-/m1/s1. The van der Waals surface area contributed by atoms with Crippen molar-refractivity contribution in [2.75, 3.05) is 13.2 Å². The highest BCUT2D eigenvalue weighted by Crippen LogP contribution is 2.28. The first-order chi connectivity index (χ1) is 12.0. The third-order valence-corrected chi connectivity index (χ3v) is 5.61. The molecule has 25 heavy (non-hydrogen) atoms. The maximum Gasteiger partial charge on any atom is 0.242 e. The minimum absolute atomic E-state index is 0.125. The van der Waals surface area contributed by atoms with Gasteiger partial charge in [0, 0.05) is 25.8 Å². The Bertz CT molecular complexity index is 804. The van der Waals surface area contributed by atoms with Gasteiger partial charge in [0.25, 0.3) is 0 Å². The number of aromatic nitrogens is 3. The number of ether oxygens (including phenoxy) is 2. The molecule has 0 amide bonds. The van der Waals surface area contributed by atoms with Crippen molar-refractivity contribution in [3.05, 3.63) is 36.5 Å². The van der Waals surface area contributed by atoms with Crippen LogP contribution in [-0.2, 0) is 21.8 Å². The molecule has 0 radical (unpaired) electrons. The smallest absolute Gasteiger partial charge is 0.242 e. The van der Waals surface area contributed by atoms with E-state index in [1.165, 1.54) is 12.3 Å². The molecule has 0 bridgehead atoms. The Morgan fingerprint density at radius 1 is 1.40 bits per heavy atom. The minimum Gasteiger partial charge on any atom is -0.478 e. The molecule has 3 rings (SSSR count). The second kappa shape index (κ2) is 7.51. The van der Waals surface area contributed by atoms with Gasteiger partial charge in [0.15, 0.2) is 0 Å². The largest absolute Gasteiger partial charge is 0.478 e. The van der Waals surface area contributed by atoms with Gasteiger partial charge in [-0.3, -0.25) is 0 Å². The molecule has 0 saturated carbocycles. The fourth-order valence-corrected chi connectivity index (χ4v) is 4.06. The summed E-state index contributed by atoms with van der Waals surface area (Å²) < 4.78 is 40.8. The van der Waals surface area contributed by atoms with Crippen LogP contribution in [0, 0.1) is 0 Å². The second-order valence-electron chi connectivity index (χ2n) is 5.90. The Labute approximate surface area is 147 Å². The quantitative estimate of drug-likeness (QED) is 0.831. The summed E-state index contributed by atoms with van der Waals surface area (Å²) in [7, 11) is -1.75. The first-order valence-electron chi connectivity index (χ1n) is 8.18. The van der Waals surface area contributed by atoms with Crippen molar-refractivity contribution in [2.24, 2.45) is 7.05 Å². The Morgan fingerprint density at radius 3 is 2.88 bits per heavy atom. The van der Waals surface area contributed by atoms with Gasteiger partial charge in [0.1, 0.15) is 11.0 Å². The molecule has 2 aromatic rings. The Balaban J connectivity index is 1.68. The maximum absolute atomic E-state index is 12.6. The normalized spacial score (nSPS) is 21.2. The molecule has 2 atom stereocenters. The lowest BCUT2D eigenvalue weighted by Crippen LogP contribution is -2.40. The molecule has 1 fully saturated rings. The fourth-order valence-electron chi connectivity index (χ4n) is 2.83. The Hall–Kier alpha value is -1.97. The van der Waals surface area contributed by atoms with Gasteiger partial charge in [-0.1, -0.05) is 0 Å². The van der Waals surface area contributed by atoms with Crippen LogP contribution in [0.1, 0.15) is 31.6 Å². The molecule has 0 spiro atoms. The maximum atomic E-state index is 12.6. The summed E-state index contributed by atoms with van der Waals surface area (Å²) in [4.78, 5) is 8.23. The van der Waals surface area contributed by atoms with Gasteiger partial charge in [-0.2, -0.15) is 0 Å². The molecule has 1 N–H and O–H groups in total. The van der Waals surface area contributed by atoms with Crippen LogP contribution in [0.3, 0.4) is 0 Å². The van der Waals surface area contributed by atoms with Crippen LogP contribution in [0.15, 0.2) is 35.7 Å². The third kappa shape index (κ3) is 4.17. The van der Waals surface area contributed by atoms with Gasteiger partial charge in [-0.05, 0) is 25.8 Å². The predicted molar refractivity (Wildman–Crippen MR) is 90.7 cm³/mol. The lowest BCUT2D eigenvalue weighted by molar-refractivity contribution is -0.0000447. The van der Waals surface area contributed by atoms with Crippen LogP contribution in [0.2, 0.25) is 0 Å². The number of imidazole rings is 1. The SMILES string of the molecule is CCOc1ccc(S(=O)(=O)N[C@@H]2CCO[C@@H](c3cncn3C)C2)cn1. The van der Waals surface area contributed by atoms with Crippen molar-refractivity contribution in [3.8, 4) is 5.88 Å². The highest BCUT2D eigenvalue weighted by atomic mass is 32.2. The zero-order valence-corrected chi connectivity index (χ0v) is 15.1. The zero-order valence-electron chi connectivity index (χ0n) is 14.3. The molecule has 3 heterocycles. The summed E-state index contributed by atoms with van der Waals surface area (Å²) in [5.74, 6) is 0.406. The van der Waals surface area contributed by atoms with Crippen molar-refractivity contribution in [3.63, 3.8) is 0 Å². The Morgan fingerprint density at radius 2 is 2.24 bits per heavy atom. The molecule has 136 valence electrons. The van der Waals surface area contributed by atoms with Gasteiger partial charge in [-0.25, -0.2) is 23.1 Å². The number of aryl methyl sites for hydroxylation is 1. The first kappa shape index (κ1) is 17.8. The minimum atomic E-state index is -3.64. The molecular weight excluding hydrogens is 344 g/mol. The third-order valence-electron chi connectivity index (χ3n) is 4.10. The van der Waals surface area contributed by atoms with Crippen LogP contribution in [0.5, 0.6) is 5.88 Å². The molecule has 0 aromatic carbocycles. The van der Waals surface area contributed by atoms with E-state index in [1.807, 2.05) is 18.5 Å². The summed E-state index contributed by atoms with van der Waals surface area (Å²) >= 11 is 0. The summed E-state index contributed by atoms with van der Waals surface area (Å²) in [5.41, 5.74) is 0.937. The van der Waals surface area contributed by atoms with Crippen molar-refractivity contribution in [1.82, 2.24) is 19.3 Å². The average molecular weight is 366 g/mol. The molecule has 0 aliphatic carbocycles. The summed E-state index contributed by atoms with van der Waals surface area (Å²) in [5, 5.41) is 0. The van der Waals surface area contributed by atoms with Crippen LogP contribution >= 0.6 is 0 Å².